The molecule has 1 heterocycles. The van der Waals surface area contributed by atoms with Gasteiger partial charge in [0.05, 0.1) is 17.3 Å². The number of esters is 1. The number of hydrogen-bond acceptors (Lipinski definition) is 6. The summed E-state index contributed by atoms with van der Waals surface area (Å²) in [5.74, 6) is 0.870. The van der Waals surface area contributed by atoms with E-state index in [4.69, 9.17) is 9.47 Å². The molecule has 264 valence electrons. The van der Waals surface area contributed by atoms with Crippen LogP contribution in [0, 0.1) is 22.7 Å². The first-order valence-electron chi connectivity index (χ1n) is 17.8. The van der Waals surface area contributed by atoms with Crippen molar-refractivity contribution >= 4 is 11.8 Å². The van der Waals surface area contributed by atoms with Gasteiger partial charge in [-0.3, -0.25) is 9.59 Å². The number of Topliss-reactive ketones (excluding diaryl/α,β-unsaturated/α-hetero) is 1. The van der Waals surface area contributed by atoms with Gasteiger partial charge in [0.15, 0.2) is 5.78 Å². The minimum atomic E-state index is -0.971. The molecule has 3 aliphatic carbocycles. The Hall–Kier alpha value is -2.80. The van der Waals surface area contributed by atoms with Crippen LogP contribution >= 0.6 is 0 Å². The van der Waals surface area contributed by atoms with Crippen molar-refractivity contribution in [1.29, 1.82) is 0 Å². The Labute approximate surface area is 289 Å². The SMILES string of the molecule is CC(=O)O[C@H]1CC(C)(C)C(=C[C@H]2CC2C/C=C/C(C)=C/C=C/C=C(C)/C=C/C=C(\C)C(=O)C[C@@]23O[C@]2(C)C[C@@H](O)CC3(C)C)[C@](C)(O)C1. The average Bonchev–Trinajstić information content (AvgIpc) is 3.82. The second-order valence-electron chi connectivity index (χ2n) is 16.8. The van der Waals surface area contributed by atoms with Gasteiger partial charge in [-0.05, 0) is 94.1 Å². The van der Waals surface area contributed by atoms with E-state index in [9.17, 15) is 19.8 Å². The van der Waals surface area contributed by atoms with Gasteiger partial charge in [0.2, 0.25) is 0 Å². The number of ketones is 1. The molecule has 3 saturated carbocycles. The van der Waals surface area contributed by atoms with Crippen LogP contribution in [0.25, 0.3) is 0 Å². The molecule has 0 radical (unpaired) electrons. The molecule has 0 aromatic carbocycles. The van der Waals surface area contributed by atoms with E-state index in [1.165, 1.54) is 12.5 Å². The van der Waals surface area contributed by atoms with E-state index in [0.29, 0.717) is 43.1 Å². The highest BCUT2D eigenvalue weighted by atomic mass is 16.6. The number of aliphatic hydroxyl groups excluding tert-OH is 1. The first-order valence-corrected chi connectivity index (χ1v) is 17.8. The van der Waals surface area contributed by atoms with Gasteiger partial charge in [0.25, 0.3) is 0 Å². The van der Waals surface area contributed by atoms with Crippen LogP contribution in [0.15, 0.2) is 83.1 Å². The Morgan fingerprint density at radius 1 is 0.875 bits per heavy atom. The summed E-state index contributed by atoms with van der Waals surface area (Å²) in [7, 11) is 0. The van der Waals surface area contributed by atoms with Crippen molar-refractivity contribution in [3.63, 3.8) is 0 Å². The lowest BCUT2D eigenvalue weighted by atomic mass is 9.61. The number of rotatable bonds is 12. The van der Waals surface area contributed by atoms with Crippen LogP contribution in [0.5, 0.6) is 0 Å². The molecular weight excluding hydrogens is 600 g/mol. The fourth-order valence-electron chi connectivity index (χ4n) is 8.63. The van der Waals surface area contributed by atoms with Gasteiger partial charge in [-0.15, -0.1) is 0 Å². The van der Waals surface area contributed by atoms with Gasteiger partial charge < -0.3 is 19.7 Å². The fourth-order valence-corrected chi connectivity index (χ4v) is 8.63. The van der Waals surface area contributed by atoms with E-state index < -0.39 is 16.8 Å². The minimum absolute atomic E-state index is 0.0919. The topological polar surface area (TPSA) is 96.4 Å². The Bertz CT molecular complexity index is 1440. The first kappa shape index (κ1) is 38.0. The Morgan fingerprint density at radius 3 is 2.12 bits per heavy atom. The highest BCUT2D eigenvalue weighted by Gasteiger charge is 2.76. The van der Waals surface area contributed by atoms with E-state index in [-0.39, 0.29) is 34.8 Å². The van der Waals surface area contributed by atoms with Crippen LogP contribution in [0.1, 0.15) is 114 Å². The number of ether oxygens (including phenoxy) is 2. The molecule has 4 aliphatic rings. The van der Waals surface area contributed by atoms with Crippen LogP contribution < -0.4 is 0 Å². The van der Waals surface area contributed by atoms with Crippen molar-refractivity contribution in [1.82, 2.24) is 0 Å². The summed E-state index contributed by atoms with van der Waals surface area (Å²) >= 11 is 0. The molecule has 4 rings (SSSR count). The van der Waals surface area contributed by atoms with Gasteiger partial charge in [0, 0.05) is 26.2 Å². The van der Waals surface area contributed by atoms with E-state index in [1.807, 2.05) is 64.2 Å². The van der Waals surface area contributed by atoms with E-state index in [0.717, 1.165) is 30.4 Å². The van der Waals surface area contributed by atoms with Crippen molar-refractivity contribution in [2.24, 2.45) is 22.7 Å². The van der Waals surface area contributed by atoms with Gasteiger partial charge in [0.1, 0.15) is 11.7 Å². The fraction of sp³-hybridized carbons (Fsp3) is 0.619. The molecule has 1 aliphatic heterocycles. The molecular formula is C42H60O6. The lowest BCUT2D eigenvalue weighted by Gasteiger charge is -2.46. The van der Waals surface area contributed by atoms with E-state index in [2.05, 4.69) is 58.9 Å². The van der Waals surface area contributed by atoms with Crippen molar-refractivity contribution in [2.45, 2.75) is 143 Å². The second kappa shape index (κ2) is 14.2. The number of carbonyl (C=O) groups is 2. The maximum absolute atomic E-state index is 13.1. The summed E-state index contributed by atoms with van der Waals surface area (Å²) in [4.78, 5) is 24.6. The number of carbonyl (C=O) groups excluding carboxylic acids is 2. The van der Waals surface area contributed by atoms with E-state index >= 15 is 0 Å². The molecule has 6 nitrogen and oxygen atoms in total. The Morgan fingerprint density at radius 2 is 1.52 bits per heavy atom. The van der Waals surface area contributed by atoms with Crippen LogP contribution in [0.4, 0.5) is 0 Å². The zero-order valence-corrected chi connectivity index (χ0v) is 31.1. The molecule has 0 aromatic rings. The quantitative estimate of drug-likeness (QED) is 0.0716. The lowest BCUT2D eigenvalue weighted by molar-refractivity contribution is -0.152. The molecule has 0 aromatic heterocycles. The molecule has 7 atom stereocenters. The standard InChI is InChI=1S/C42H60O6/c1-28(17-13-19-30(3)36(45)27-42-39(7,8)23-34(44)24-41(42,10)48-42)15-11-12-16-29(2)18-14-20-32-21-33(32)22-37-38(5,6)25-35(47-31(4)43)26-40(37,9)46/h11-19,22,32-35,44,46H,20-21,23-27H2,1-10H3/b12-11+,17-13+,18-14+,28-15+,29-16+,30-19+,37-22?/t32?,33-,34+,35+,40-,41-,42+/m1/s1. The molecule has 48 heavy (non-hydrogen) atoms. The van der Waals surface area contributed by atoms with Crippen molar-refractivity contribution in [3.8, 4) is 0 Å². The summed E-state index contributed by atoms with van der Waals surface area (Å²) in [5, 5.41) is 21.5. The second-order valence-corrected chi connectivity index (χ2v) is 16.8. The van der Waals surface area contributed by atoms with Gasteiger partial charge in [-0.25, -0.2) is 0 Å². The minimum Gasteiger partial charge on any atom is -0.462 e. The number of fused-ring (bicyclic) bond motifs is 1. The molecule has 6 heteroatoms. The zero-order chi connectivity index (χ0) is 35.7. The first-order chi connectivity index (χ1) is 22.2. The smallest absolute Gasteiger partial charge is 0.302 e. The highest BCUT2D eigenvalue weighted by Crippen LogP contribution is 2.67. The summed E-state index contributed by atoms with van der Waals surface area (Å²) in [5.41, 5.74) is 1.68. The molecule has 0 bridgehead atoms. The third kappa shape index (κ3) is 8.86. The number of epoxide rings is 1. The van der Waals surface area contributed by atoms with Gasteiger partial charge in [-0.2, -0.15) is 0 Å². The van der Waals surface area contributed by atoms with Gasteiger partial charge in [-0.1, -0.05) is 99.6 Å². The maximum atomic E-state index is 13.1. The van der Waals surface area contributed by atoms with Crippen molar-refractivity contribution in [2.75, 3.05) is 0 Å². The molecule has 4 fully saturated rings. The third-order valence-electron chi connectivity index (χ3n) is 11.2. The maximum Gasteiger partial charge on any atom is 0.302 e. The zero-order valence-electron chi connectivity index (χ0n) is 31.1. The summed E-state index contributed by atoms with van der Waals surface area (Å²) in [6.45, 7) is 19.8. The highest BCUT2D eigenvalue weighted by molar-refractivity contribution is 5.96. The molecule has 1 unspecified atom stereocenters. The van der Waals surface area contributed by atoms with Crippen LogP contribution in [-0.4, -0.2) is 51.0 Å². The normalized spacial score (nSPS) is 37.3. The van der Waals surface area contributed by atoms with Crippen molar-refractivity contribution in [3.05, 3.63) is 83.1 Å². The summed E-state index contributed by atoms with van der Waals surface area (Å²) in [6, 6.07) is 0. The number of aliphatic hydroxyl groups is 2. The predicted molar refractivity (Wildman–Crippen MR) is 193 cm³/mol. The monoisotopic (exact) mass is 660 g/mol. The molecule has 1 saturated heterocycles. The Kier molecular flexibility index (Phi) is 11.2. The molecule has 0 amide bonds. The lowest BCUT2D eigenvalue weighted by Crippen LogP contribution is -2.48. The van der Waals surface area contributed by atoms with Crippen molar-refractivity contribution < 1.29 is 29.3 Å². The van der Waals surface area contributed by atoms with Crippen LogP contribution in [0.2, 0.25) is 0 Å². The van der Waals surface area contributed by atoms with Crippen LogP contribution in [0.3, 0.4) is 0 Å². The molecule has 0 spiro atoms. The predicted octanol–water partition coefficient (Wildman–Crippen LogP) is 8.62. The van der Waals surface area contributed by atoms with E-state index in [1.54, 1.807) is 0 Å². The van der Waals surface area contributed by atoms with Gasteiger partial charge >= 0.3 is 5.97 Å². The average molecular weight is 661 g/mol. The summed E-state index contributed by atoms with van der Waals surface area (Å²) < 4.78 is 11.7. The number of hydrogen-bond donors (Lipinski definition) is 2. The van der Waals surface area contributed by atoms with Crippen LogP contribution in [-0.2, 0) is 19.1 Å². The molecule has 2 N–H and O–H groups in total. The summed E-state index contributed by atoms with van der Waals surface area (Å²) in [6.07, 6.45) is 25.0. The largest absolute Gasteiger partial charge is 0.462 e. The number of allylic oxidation sites excluding steroid dienone is 13. The third-order valence-corrected chi connectivity index (χ3v) is 11.2. The Balaban J connectivity index is 1.22.